The summed E-state index contributed by atoms with van der Waals surface area (Å²) in [4.78, 5) is 9.90. The van der Waals surface area contributed by atoms with Gasteiger partial charge >= 0.3 is 0 Å². The Morgan fingerprint density at radius 1 is 1.75 bits per heavy atom. The molecule has 0 aromatic rings. The molecule has 2 nitrogen and oxygen atoms in total. The lowest BCUT2D eigenvalue weighted by atomic mass is 10.1. The van der Waals surface area contributed by atoms with Crippen molar-refractivity contribution < 1.29 is 9.90 Å². The SMILES string of the molecule is C=CC(O)C(C)C=O. The fourth-order valence-electron chi connectivity index (χ4n) is 0.295. The lowest BCUT2D eigenvalue weighted by molar-refractivity contribution is -0.112. The molecular weight excluding hydrogens is 104 g/mol. The third-order valence-electron chi connectivity index (χ3n) is 0.995. The molecule has 2 heteroatoms. The van der Waals surface area contributed by atoms with E-state index in [1.807, 2.05) is 0 Å². The van der Waals surface area contributed by atoms with Crippen LogP contribution >= 0.6 is 0 Å². The average Bonchev–Trinajstić information content (AvgIpc) is 1.84. The van der Waals surface area contributed by atoms with Gasteiger partial charge in [-0.25, -0.2) is 0 Å². The molecular formula is C6H10O2. The molecule has 0 fully saturated rings. The van der Waals surface area contributed by atoms with Crippen molar-refractivity contribution in [2.24, 2.45) is 5.92 Å². The zero-order valence-corrected chi connectivity index (χ0v) is 4.87. The van der Waals surface area contributed by atoms with Gasteiger partial charge in [0.1, 0.15) is 6.29 Å². The van der Waals surface area contributed by atoms with E-state index >= 15 is 0 Å². The van der Waals surface area contributed by atoms with Crippen LogP contribution < -0.4 is 0 Å². The second-order valence-corrected chi connectivity index (χ2v) is 1.72. The van der Waals surface area contributed by atoms with Crippen LogP contribution in [0.15, 0.2) is 12.7 Å². The Morgan fingerprint density at radius 2 is 2.25 bits per heavy atom. The molecule has 8 heavy (non-hydrogen) atoms. The molecule has 0 aromatic heterocycles. The molecule has 0 rings (SSSR count). The van der Waals surface area contributed by atoms with Crippen molar-refractivity contribution >= 4 is 6.29 Å². The van der Waals surface area contributed by atoms with E-state index in [0.717, 1.165) is 0 Å². The first-order valence-corrected chi connectivity index (χ1v) is 2.48. The summed E-state index contributed by atoms with van der Waals surface area (Å²) in [6, 6.07) is 0. The van der Waals surface area contributed by atoms with E-state index in [1.54, 1.807) is 6.92 Å². The van der Waals surface area contributed by atoms with E-state index in [0.29, 0.717) is 6.29 Å². The number of carbonyl (C=O) groups is 1. The molecule has 0 aliphatic carbocycles. The molecule has 0 bridgehead atoms. The lowest BCUT2D eigenvalue weighted by Crippen LogP contribution is -2.14. The topological polar surface area (TPSA) is 37.3 Å². The maximum Gasteiger partial charge on any atom is 0.125 e. The molecule has 0 radical (unpaired) electrons. The highest BCUT2D eigenvalue weighted by molar-refractivity contribution is 5.54. The fraction of sp³-hybridized carbons (Fsp3) is 0.500. The molecule has 2 unspecified atom stereocenters. The maximum absolute atomic E-state index is 9.90. The van der Waals surface area contributed by atoms with Gasteiger partial charge in [-0.1, -0.05) is 13.0 Å². The smallest absolute Gasteiger partial charge is 0.125 e. The quantitative estimate of drug-likeness (QED) is 0.425. The predicted octanol–water partition coefficient (Wildman–Crippen LogP) is 0.368. The highest BCUT2D eigenvalue weighted by atomic mass is 16.3. The van der Waals surface area contributed by atoms with E-state index in [2.05, 4.69) is 6.58 Å². The summed E-state index contributed by atoms with van der Waals surface area (Å²) in [5.74, 6) is -0.326. The van der Waals surface area contributed by atoms with E-state index in [4.69, 9.17) is 5.11 Å². The van der Waals surface area contributed by atoms with Gasteiger partial charge in [-0.3, -0.25) is 0 Å². The van der Waals surface area contributed by atoms with E-state index in [9.17, 15) is 4.79 Å². The normalized spacial score (nSPS) is 16.8. The molecule has 0 spiro atoms. The summed E-state index contributed by atoms with van der Waals surface area (Å²) >= 11 is 0. The molecule has 0 saturated heterocycles. The van der Waals surface area contributed by atoms with Crippen molar-refractivity contribution in [2.45, 2.75) is 13.0 Å². The first-order chi connectivity index (χ1) is 3.72. The second kappa shape index (κ2) is 3.38. The molecule has 0 amide bonds. The number of rotatable bonds is 3. The standard InChI is InChI=1S/C6H10O2/c1-3-6(8)5(2)4-7/h3-6,8H,1H2,2H3. The third kappa shape index (κ3) is 1.89. The van der Waals surface area contributed by atoms with Gasteiger partial charge < -0.3 is 9.90 Å². The van der Waals surface area contributed by atoms with E-state index in [-0.39, 0.29) is 5.92 Å². The summed E-state index contributed by atoms with van der Waals surface area (Å²) in [5.41, 5.74) is 0. The predicted molar refractivity (Wildman–Crippen MR) is 31.4 cm³/mol. The Morgan fingerprint density at radius 3 is 2.38 bits per heavy atom. The Bertz CT molecular complexity index is 76.5. The van der Waals surface area contributed by atoms with Crippen LogP contribution in [0.4, 0.5) is 0 Å². The molecule has 1 N–H and O–H groups in total. The number of aliphatic hydroxyl groups excluding tert-OH is 1. The van der Waals surface area contributed by atoms with Crippen LogP contribution in [0.3, 0.4) is 0 Å². The minimum atomic E-state index is -0.688. The molecule has 46 valence electrons. The highest BCUT2D eigenvalue weighted by Gasteiger charge is 2.06. The molecule has 0 aliphatic heterocycles. The van der Waals surface area contributed by atoms with Crippen molar-refractivity contribution in [3.8, 4) is 0 Å². The molecule has 0 aromatic carbocycles. The zero-order valence-electron chi connectivity index (χ0n) is 4.87. The first kappa shape index (κ1) is 7.37. The monoisotopic (exact) mass is 114 g/mol. The summed E-state index contributed by atoms with van der Waals surface area (Å²) in [5, 5.41) is 8.78. The van der Waals surface area contributed by atoms with E-state index < -0.39 is 6.10 Å². The maximum atomic E-state index is 9.90. The van der Waals surface area contributed by atoms with Crippen LogP contribution in [-0.4, -0.2) is 17.5 Å². The van der Waals surface area contributed by atoms with Gasteiger partial charge in [-0.05, 0) is 0 Å². The minimum absolute atomic E-state index is 0.326. The molecule has 0 saturated carbocycles. The number of aldehydes is 1. The summed E-state index contributed by atoms with van der Waals surface area (Å²) in [6.07, 6.45) is 1.36. The number of hydrogen-bond acceptors (Lipinski definition) is 2. The van der Waals surface area contributed by atoms with Crippen molar-refractivity contribution in [2.75, 3.05) is 0 Å². The zero-order chi connectivity index (χ0) is 6.57. The van der Waals surface area contributed by atoms with Crippen LogP contribution in [0.5, 0.6) is 0 Å². The third-order valence-corrected chi connectivity index (χ3v) is 0.995. The summed E-state index contributed by atoms with van der Waals surface area (Å²) in [6.45, 7) is 4.96. The minimum Gasteiger partial charge on any atom is -0.388 e. The Hall–Kier alpha value is -0.630. The Labute approximate surface area is 48.8 Å². The van der Waals surface area contributed by atoms with Gasteiger partial charge in [0.2, 0.25) is 0 Å². The average molecular weight is 114 g/mol. The Kier molecular flexibility index (Phi) is 3.12. The van der Waals surface area contributed by atoms with Gasteiger partial charge in [-0.2, -0.15) is 0 Å². The Balaban J connectivity index is 3.60. The van der Waals surface area contributed by atoms with Crippen molar-refractivity contribution in [1.29, 1.82) is 0 Å². The van der Waals surface area contributed by atoms with E-state index in [1.165, 1.54) is 6.08 Å². The fourth-order valence-corrected chi connectivity index (χ4v) is 0.295. The van der Waals surface area contributed by atoms with Crippen LogP contribution in [0, 0.1) is 5.92 Å². The van der Waals surface area contributed by atoms with Gasteiger partial charge in [0.25, 0.3) is 0 Å². The van der Waals surface area contributed by atoms with Gasteiger partial charge in [-0.15, -0.1) is 6.58 Å². The summed E-state index contributed by atoms with van der Waals surface area (Å²) in [7, 11) is 0. The van der Waals surface area contributed by atoms with Crippen LogP contribution in [0.25, 0.3) is 0 Å². The van der Waals surface area contributed by atoms with Crippen LogP contribution in [-0.2, 0) is 4.79 Å². The molecule has 2 atom stereocenters. The van der Waals surface area contributed by atoms with Gasteiger partial charge in [0.15, 0.2) is 0 Å². The van der Waals surface area contributed by atoms with Crippen molar-refractivity contribution in [3.05, 3.63) is 12.7 Å². The number of aliphatic hydroxyl groups is 1. The van der Waals surface area contributed by atoms with Gasteiger partial charge in [0.05, 0.1) is 6.10 Å². The van der Waals surface area contributed by atoms with Crippen molar-refractivity contribution in [3.63, 3.8) is 0 Å². The number of hydrogen-bond donors (Lipinski definition) is 1. The van der Waals surface area contributed by atoms with Gasteiger partial charge in [0, 0.05) is 5.92 Å². The number of carbonyl (C=O) groups excluding carboxylic acids is 1. The van der Waals surface area contributed by atoms with Crippen molar-refractivity contribution in [1.82, 2.24) is 0 Å². The lowest BCUT2D eigenvalue weighted by Gasteiger charge is -2.05. The largest absolute Gasteiger partial charge is 0.388 e. The highest BCUT2D eigenvalue weighted by Crippen LogP contribution is 1.97. The molecule has 0 heterocycles. The van der Waals surface area contributed by atoms with Crippen LogP contribution in [0.2, 0.25) is 0 Å². The first-order valence-electron chi connectivity index (χ1n) is 2.48. The second-order valence-electron chi connectivity index (χ2n) is 1.72. The van der Waals surface area contributed by atoms with Crippen LogP contribution in [0.1, 0.15) is 6.92 Å². The summed E-state index contributed by atoms with van der Waals surface area (Å²) < 4.78 is 0. The molecule has 0 aliphatic rings.